The van der Waals surface area contributed by atoms with Gasteiger partial charge in [-0.25, -0.2) is 4.52 Å². The van der Waals surface area contributed by atoms with Crippen molar-refractivity contribution in [3.8, 4) is 0 Å². The first-order valence-corrected chi connectivity index (χ1v) is 6.91. The minimum absolute atomic E-state index is 0.0801. The highest BCUT2D eigenvalue weighted by Gasteiger charge is 2.12. The van der Waals surface area contributed by atoms with Crippen LogP contribution in [0.1, 0.15) is 5.56 Å². The number of aromatic nitrogens is 3. The van der Waals surface area contributed by atoms with E-state index >= 15 is 0 Å². The zero-order valence-electron chi connectivity index (χ0n) is 10.7. The van der Waals surface area contributed by atoms with Gasteiger partial charge >= 0.3 is 0 Å². The summed E-state index contributed by atoms with van der Waals surface area (Å²) in [7, 11) is 0. The third kappa shape index (κ3) is 2.84. The molecule has 0 bridgehead atoms. The molecule has 0 unspecified atom stereocenters. The summed E-state index contributed by atoms with van der Waals surface area (Å²) in [6.07, 6.45) is 1.79. The Kier molecular flexibility index (Phi) is 3.53. The fraction of sp³-hybridized carbons (Fsp3) is 0.0769. The van der Waals surface area contributed by atoms with Crippen molar-refractivity contribution < 1.29 is 4.92 Å². The highest BCUT2D eigenvalue weighted by Crippen LogP contribution is 2.19. The van der Waals surface area contributed by atoms with Crippen LogP contribution in [0.4, 0.5) is 11.6 Å². The fourth-order valence-corrected chi connectivity index (χ4v) is 2.27. The zero-order valence-corrected chi connectivity index (χ0v) is 12.3. The van der Waals surface area contributed by atoms with Gasteiger partial charge in [0.1, 0.15) is 0 Å². The summed E-state index contributed by atoms with van der Waals surface area (Å²) >= 11 is 3.36. The Labute approximate surface area is 127 Å². The second kappa shape index (κ2) is 5.49. The van der Waals surface area contributed by atoms with Gasteiger partial charge in [0.2, 0.25) is 5.95 Å². The highest BCUT2D eigenvalue weighted by molar-refractivity contribution is 9.10. The molecule has 0 radical (unpaired) electrons. The van der Waals surface area contributed by atoms with Gasteiger partial charge in [-0.05, 0) is 28.1 Å². The van der Waals surface area contributed by atoms with Crippen molar-refractivity contribution in [2.24, 2.45) is 0 Å². The topological polar surface area (TPSA) is 85.4 Å². The van der Waals surface area contributed by atoms with Gasteiger partial charge in [-0.2, -0.15) is 4.98 Å². The van der Waals surface area contributed by atoms with E-state index in [1.807, 2.05) is 12.1 Å². The second-order valence-corrected chi connectivity index (χ2v) is 5.24. The quantitative estimate of drug-likeness (QED) is 0.579. The number of hydrogen-bond donors (Lipinski definition) is 1. The van der Waals surface area contributed by atoms with E-state index in [2.05, 4.69) is 31.3 Å². The largest absolute Gasteiger partial charge is 0.349 e. The third-order valence-corrected chi connectivity index (χ3v) is 3.39. The Balaban J connectivity index is 1.82. The molecule has 1 aromatic carbocycles. The summed E-state index contributed by atoms with van der Waals surface area (Å²) in [5.74, 6) is 0.422. The molecule has 106 valence electrons. The first-order chi connectivity index (χ1) is 10.1. The first kappa shape index (κ1) is 13.5. The highest BCUT2D eigenvalue weighted by atomic mass is 79.9. The molecule has 0 amide bonds. The van der Waals surface area contributed by atoms with E-state index in [9.17, 15) is 10.1 Å². The summed E-state index contributed by atoms with van der Waals surface area (Å²) in [6, 6.07) is 10.3. The maximum atomic E-state index is 10.9. The van der Waals surface area contributed by atoms with Gasteiger partial charge in [0.05, 0.1) is 4.92 Å². The van der Waals surface area contributed by atoms with E-state index in [1.54, 1.807) is 28.9 Å². The molecule has 0 aliphatic carbocycles. The van der Waals surface area contributed by atoms with Gasteiger partial charge in [-0.1, -0.05) is 18.2 Å². The summed E-state index contributed by atoms with van der Waals surface area (Å²) < 4.78 is 2.52. The number of benzene rings is 1. The molecule has 2 heterocycles. The van der Waals surface area contributed by atoms with Crippen LogP contribution in [0.25, 0.3) is 5.65 Å². The number of halogens is 1. The summed E-state index contributed by atoms with van der Waals surface area (Å²) in [4.78, 5) is 14.8. The second-order valence-electron chi connectivity index (χ2n) is 4.32. The van der Waals surface area contributed by atoms with Crippen molar-refractivity contribution in [1.29, 1.82) is 0 Å². The molecule has 21 heavy (non-hydrogen) atoms. The smallest absolute Gasteiger partial charge is 0.274 e. The number of nitrogens with zero attached hydrogens (tertiary/aromatic N) is 4. The number of rotatable bonds is 4. The third-order valence-electron chi connectivity index (χ3n) is 2.92. The van der Waals surface area contributed by atoms with Gasteiger partial charge in [-0.15, -0.1) is 5.10 Å². The van der Waals surface area contributed by atoms with Crippen molar-refractivity contribution in [3.63, 3.8) is 0 Å². The lowest BCUT2D eigenvalue weighted by molar-refractivity contribution is -0.385. The molecule has 0 saturated heterocycles. The Morgan fingerprint density at radius 1 is 1.29 bits per heavy atom. The lowest BCUT2D eigenvalue weighted by Gasteiger charge is -2.02. The van der Waals surface area contributed by atoms with Crippen LogP contribution in [-0.2, 0) is 6.54 Å². The molecule has 0 aliphatic rings. The minimum Gasteiger partial charge on any atom is -0.349 e. The van der Waals surface area contributed by atoms with Crippen LogP contribution >= 0.6 is 15.9 Å². The Morgan fingerprint density at radius 2 is 2.10 bits per heavy atom. The maximum Gasteiger partial charge on any atom is 0.274 e. The van der Waals surface area contributed by atoms with E-state index in [0.29, 0.717) is 17.2 Å². The SMILES string of the molecule is O=[N+]([O-])c1ccccc1CNc1nc2ccc(Br)cn2n1. The number of nitro benzene ring substituents is 1. The molecular formula is C13H10BrN5O2. The Bertz CT molecular complexity index is 817. The number of nitro groups is 1. The van der Waals surface area contributed by atoms with Gasteiger partial charge < -0.3 is 5.32 Å². The van der Waals surface area contributed by atoms with Crippen molar-refractivity contribution in [2.45, 2.75) is 6.54 Å². The van der Waals surface area contributed by atoms with Gasteiger partial charge in [0, 0.05) is 28.8 Å². The first-order valence-electron chi connectivity index (χ1n) is 6.11. The molecule has 7 nitrogen and oxygen atoms in total. The molecule has 2 aromatic heterocycles. The molecule has 1 N–H and O–H groups in total. The zero-order chi connectivity index (χ0) is 14.8. The van der Waals surface area contributed by atoms with Crippen LogP contribution in [0.15, 0.2) is 47.1 Å². The average molecular weight is 348 g/mol. The van der Waals surface area contributed by atoms with Gasteiger partial charge in [0.25, 0.3) is 5.69 Å². The van der Waals surface area contributed by atoms with E-state index in [-0.39, 0.29) is 12.2 Å². The predicted molar refractivity (Wildman–Crippen MR) is 81.1 cm³/mol. The normalized spacial score (nSPS) is 10.7. The molecule has 0 atom stereocenters. The van der Waals surface area contributed by atoms with Crippen molar-refractivity contribution in [2.75, 3.05) is 5.32 Å². The summed E-state index contributed by atoms with van der Waals surface area (Å²) in [6.45, 7) is 0.287. The minimum atomic E-state index is -0.398. The molecule has 3 rings (SSSR count). The number of nitrogens with one attached hydrogen (secondary N) is 1. The molecule has 3 aromatic rings. The van der Waals surface area contributed by atoms with E-state index < -0.39 is 4.92 Å². The lowest BCUT2D eigenvalue weighted by Crippen LogP contribution is -2.04. The Hall–Kier alpha value is -2.48. The van der Waals surface area contributed by atoms with E-state index in [4.69, 9.17) is 0 Å². The number of fused-ring (bicyclic) bond motifs is 1. The predicted octanol–water partition coefficient (Wildman–Crippen LogP) is 3.01. The number of pyridine rings is 1. The fourth-order valence-electron chi connectivity index (χ4n) is 1.95. The average Bonchev–Trinajstić information content (AvgIpc) is 2.87. The van der Waals surface area contributed by atoms with E-state index in [1.165, 1.54) is 6.07 Å². The number of anilines is 1. The Morgan fingerprint density at radius 3 is 2.90 bits per heavy atom. The van der Waals surface area contributed by atoms with Crippen LogP contribution in [0, 0.1) is 10.1 Å². The van der Waals surface area contributed by atoms with Crippen molar-refractivity contribution in [1.82, 2.24) is 14.6 Å². The molecule has 0 spiro atoms. The lowest BCUT2D eigenvalue weighted by atomic mass is 10.2. The number of para-hydroxylation sites is 1. The summed E-state index contributed by atoms with van der Waals surface area (Å²) in [5.41, 5.74) is 1.36. The molecule has 8 heteroatoms. The van der Waals surface area contributed by atoms with Crippen LogP contribution in [0.2, 0.25) is 0 Å². The van der Waals surface area contributed by atoms with Crippen LogP contribution in [0.3, 0.4) is 0 Å². The van der Waals surface area contributed by atoms with Gasteiger partial charge in [0.15, 0.2) is 5.65 Å². The monoisotopic (exact) mass is 347 g/mol. The van der Waals surface area contributed by atoms with Crippen LogP contribution < -0.4 is 5.32 Å². The summed E-state index contributed by atoms with van der Waals surface area (Å²) in [5, 5.41) is 18.2. The molecular weight excluding hydrogens is 338 g/mol. The molecule has 0 aliphatic heterocycles. The standard InChI is InChI=1S/C13H10BrN5O2/c14-10-5-6-12-16-13(17-18(12)8-10)15-7-9-3-1-2-4-11(9)19(20)21/h1-6,8H,7H2,(H,15,17). The van der Waals surface area contributed by atoms with Crippen molar-refractivity contribution in [3.05, 3.63) is 62.7 Å². The molecule has 0 saturated carbocycles. The maximum absolute atomic E-state index is 10.9. The van der Waals surface area contributed by atoms with E-state index in [0.717, 1.165) is 4.47 Å². The number of hydrogen-bond acceptors (Lipinski definition) is 5. The van der Waals surface area contributed by atoms with Gasteiger partial charge in [-0.3, -0.25) is 10.1 Å². The molecule has 0 fully saturated rings. The van der Waals surface area contributed by atoms with Crippen LogP contribution in [-0.4, -0.2) is 19.5 Å². The van der Waals surface area contributed by atoms with Crippen LogP contribution in [0.5, 0.6) is 0 Å². The van der Waals surface area contributed by atoms with Crippen molar-refractivity contribution >= 4 is 33.2 Å².